The van der Waals surface area contributed by atoms with Gasteiger partial charge in [-0.2, -0.15) is 0 Å². The summed E-state index contributed by atoms with van der Waals surface area (Å²) in [5.41, 5.74) is 6.65. The van der Waals surface area contributed by atoms with Crippen LogP contribution < -0.4 is 5.73 Å². The minimum atomic E-state index is -0.815. The van der Waals surface area contributed by atoms with Crippen molar-refractivity contribution >= 4 is 6.29 Å². The summed E-state index contributed by atoms with van der Waals surface area (Å²) in [6.07, 6.45) is 5.93. The van der Waals surface area contributed by atoms with Gasteiger partial charge >= 0.3 is 0 Å². The highest BCUT2D eigenvalue weighted by atomic mass is 16.3. The van der Waals surface area contributed by atoms with Crippen molar-refractivity contribution in [3.63, 3.8) is 0 Å². The molecule has 3 unspecified atom stereocenters. The Bertz CT molecular complexity index is 329. The van der Waals surface area contributed by atoms with E-state index in [-0.39, 0.29) is 5.92 Å². The highest BCUT2D eigenvalue weighted by Crippen LogP contribution is 2.22. The van der Waals surface area contributed by atoms with E-state index in [9.17, 15) is 9.90 Å². The summed E-state index contributed by atoms with van der Waals surface area (Å²) >= 11 is 0. The van der Waals surface area contributed by atoms with Crippen molar-refractivity contribution < 1.29 is 9.90 Å². The summed E-state index contributed by atoms with van der Waals surface area (Å²) in [6.45, 7) is 2.06. The highest BCUT2D eigenvalue weighted by Gasteiger charge is 2.25. The number of pyridine rings is 1. The van der Waals surface area contributed by atoms with Crippen LogP contribution in [0.1, 0.15) is 37.9 Å². The number of nitrogens with zero attached hydrogens (tertiary/aromatic N) is 1. The zero-order valence-electron chi connectivity index (χ0n) is 10.1. The second-order valence-corrected chi connectivity index (χ2v) is 4.24. The predicted molar refractivity (Wildman–Crippen MR) is 66.3 cm³/mol. The molecule has 0 spiro atoms. The van der Waals surface area contributed by atoms with Crippen LogP contribution in [0.2, 0.25) is 0 Å². The van der Waals surface area contributed by atoms with Crippen LogP contribution in [0, 0.1) is 5.92 Å². The number of unbranched alkanes of at least 4 members (excludes halogenated alkanes) is 1. The first-order valence-corrected chi connectivity index (χ1v) is 5.99. The maximum atomic E-state index is 11.0. The smallest absolute Gasteiger partial charge is 0.124 e. The van der Waals surface area contributed by atoms with Gasteiger partial charge in [-0.05, 0) is 24.1 Å². The molecular weight excluding hydrogens is 216 g/mol. The van der Waals surface area contributed by atoms with Gasteiger partial charge in [0.2, 0.25) is 0 Å². The summed E-state index contributed by atoms with van der Waals surface area (Å²) in [4.78, 5) is 14.9. The molecule has 1 rings (SSSR count). The molecule has 3 atom stereocenters. The van der Waals surface area contributed by atoms with Gasteiger partial charge < -0.3 is 15.6 Å². The third-order valence-corrected chi connectivity index (χ3v) is 2.97. The van der Waals surface area contributed by atoms with Crippen LogP contribution in [-0.4, -0.2) is 22.4 Å². The molecule has 17 heavy (non-hydrogen) atoms. The lowest BCUT2D eigenvalue weighted by Gasteiger charge is -2.24. The lowest BCUT2D eigenvalue weighted by atomic mass is 9.89. The molecule has 0 bridgehead atoms. The molecule has 4 heteroatoms. The molecule has 0 saturated carbocycles. The van der Waals surface area contributed by atoms with Gasteiger partial charge in [0.1, 0.15) is 6.29 Å². The van der Waals surface area contributed by atoms with E-state index in [1.807, 2.05) is 0 Å². The van der Waals surface area contributed by atoms with Crippen LogP contribution in [0.15, 0.2) is 24.5 Å². The van der Waals surface area contributed by atoms with E-state index in [2.05, 4.69) is 11.9 Å². The second-order valence-electron chi connectivity index (χ2n) is 4.24. The molecule has 1 aromatic heterocycles. The standard InChI is InChI=1S/C13H20N2O2/c1-2-3-4-11(9-16)12(14)13(17)10-5-7-15-8-6-10/h5-9,11-13,17H,2-4,14H2,1H3. The van der Waals surface area contributed by atoms with Crippen LogP contribution in [0.3, 0.4) is 0 Å². The number of hydrogen-bond acceptors (Lipinski definition) is 4. The number of hydrogen-bond donors (Lipinski definition) is 2. The molecule has 0 aromatic carbocycles. The van der Waals surface area contributed by atoms with E-state index in [4.69, 9.17) is 5.73 Å². The average molecular weight is 236 g/mol. The number of aldehydes is 1. The first-order chi connectivity index (χ1) is 8.20. The van der Waals surface area contributed by atoms with Crippen molar-refractivity contribution in [2.75, 3.05) is 0 Å². The van der Waals surface area contributed by atoms with Crippen molar-refractivity contribution in [2.24, 2.45) is 11.7 Å². The summed E-state index contributed by atoms with van der Waals surface area (Å²) in [7, 11) is 0. The van der Waals surface area contributed by atoms with Gasteiger partial charge in [0, 0.05) is 24.4 Å². The zero-order valence-corrected chi connectivity index (χ0v) is 10.1. The van der Waals surface area contributed by atoms with E-state index >= 15 is 0 Å². The van der Waals surface area contributed by atoms with Crippen LogP contribution in [0.5, 0.6) is 0 Å². The molecule has 0 amide bonds. The average Bonchev–Trinajstić information content (AvgIpc) is 2.39. The van der Waals surface area contributed by atoms with Crippen molar-refractivity contribution in [3.8, 4) is 0 Å². The Hall–Kier alpha value is -1.26. The molecule has 0 aliphatic heterocycles. The first kappa shape index (κ1) is 13.8. The third kappa shape index (κ3) is 3.91. The molecular formula is C13H20N2O2. The molecule has 1 heterocycles. The first-order valence-electron chi connectivity index (χ1n) is 5.99. The molecule has 0 saturated heterocycles. The molecule has 0 aliphatic rings. The van der Waals surface area contributed by atoms with Gasteiger partial charge in [-0.1, -0.05) is 19.8 Å². The van der Waals surface area contributed by atoms with Gasteiger partial charge in [0.25, 0.3) is 0 Å². The normalized spacial score (nSPS) is 16.2. The molecule has 0 radical (unpaired) electrons. The fraction of sp³-hybridized carbons (Fsp3) is 0.538. The number of aliphatic hydroxyl groups excluding tert-OH is 1. The van der Waals surface area contributed by atoms with E-state index in [0.717, 1.165) is 25.5 Å². The lowest BCUT2D eigenvalue weighted by molar-refractivity contribution is -0.112. The van der Waals surface area contributed by atoms with E-state index in [0.29, 0.717) is 5.56 Å². The van der Waals surface area contributed by atoms with E-state index < -0.39 is 12.1 Å². The van der Waals surface area contributed by atoms with Crippen molar-refractivity contribution in [1.82, 2.24) is 4.98 Å². The largest absolute Gasteiger partial charge is 0.387 e. The zero-order chi connectivity index (χ0) is 12.7. The summed E-state index contributed by atoms with van der Waals surface area (Å²) in [6, 6.07) is 2.87. The Morgan fingerprint density at radius 3 is 2.65 bits per heavy atom. The van der Waals surface area contributed by atoms with Crippen LogP contribution >= 0.6 is 0 Å². The number of carbonyl (C=O) groups is 1. The van der Waals surface area contributed by atoms with Crippen LogP contribution in [0.4, 0.5) is 0 Å². The molecule has 4 nitrogen and oxygen atoms in total. The van der Waals surface area contributed by atoms with Crippen molar-refractivity contribution in [3.05, 3.63) is 30.1 Å². The minimum absolute atomic E-state index is 0.293. The van der Waals surface area contributed by atoms with Crippen molar-refractivity contribution in [1.29, 1.82) is 0 Å². The highest BCUT2D eigenvalue weighted by molar-refractivity contribution is 5.55. The van der Waals surface area contributed by atoms with Gasteiger partial charge in [0.15, 0.2) is 0 Å². The Labute approximate surface area is 102 Å². The summed E-state index contributed by atoms with van der Waals surface area (Å²) < 4.78 is 0. The summed E-state index contributed by atoms with van der Waals surface area (Å²) in [5.74, 6) is -0.293. The predicted octanol–water partition coefficient (Wildman–Crippen LogP) is 1.45. The Kier molecular flexibility index (Phi) is 5.80. The molecule has 3 N–H and O–H groups in total. The second kappa shape index (κ2) is 7.14. The van der Waals surface area contributed by atoms with Gasteiger partial charge in [-0.25, -0.2) is 0 Å². The quantitative estimate of drug-likeness (QED) is 0.702. The van der Waals surface area contributed by atoms with Gasteiger partial charge in [0.05, 0.1) is 6.10 Å². The maximum absolute atomic E-state index is 11.0. The van der Waals surface area contributed by atoms with E-state index in [1.54, 1.807) is 24.5 Å². The lowest BCUT2D eigenvalue weighted by Crippen LogP contribution is -2.37. The fourth-order valence-corrected chi connectivity index (χ4v) is 1.81. The molecule has 94 valence electrons. The van der Waals surface area contributed by atoms with Crippen molar-refractivity contribution in [2.45, 2.75) is 38.3 Å². The number of rotatable bonds is 7. The Balaban J connectivity index is 2.67. The summed E-state index contributed by atoms with van der Waals surface area (Å²) in [5, 5.41) is 10.1. The number of aliphatic hydroxyl groups is 1. The SMILES string of the molecule is CCCCC(C=O)C(N)C(O)c1ccncc1. The molecule has 0 aliphatic carbocycles. The number of carbonyl (C=O) groups excluding carboxylic acids is 1. The topological polar surface area (TPSA) is 76.2 Å². The maximum Gasteiger partial charge on any atom is 0.124 e. The Morgan fingerprint density at radius 2 is 2.12 bits per heavy atom. The molecule has 1 aromatic rings. The molecule has 0 fully saturated rings. The number of nitrogens with two attached hydrogens (primary N) is 1. The third-order valence-electron chi connectivity index (χ3n) is 2.97. The van der Waals surface area contributed by atoms with Gasteiger partial charge in [-0.3, -0.25) is 4.98 Å². The number of aromatic nitrogens is 1. The van der Waals surface area contributed by atoms with Crippen LogP contribution in [-0.2, 0) is 4.79 Å². The van der Waals surface area contributed by atoms with E-state index in [1.165, 1.54) is 0 Å². The minimum Gasteiger partial charge on any atom is -0.387 e. The van der Waals surface area contributed by atoms with Gasteiger partial charge in [-0.15, -0.1) is 0 Å². The van der Waals surface area contributed by atoms with Crippen LogP contribution in [0.25, 0.3) is 0 Å². The fourth-order valence-electron chi connectivity index (χ4n) is 1.81. The monoisotopic (exact) mass is 236 g/mol. The Morgan fingerprint density at radius 1 is 1.47 bits per heavy atom.